The molecule has 0 aliphatic carbocycles. The van der Waals surface area contributed by atoms with Crippen molar-refractivity contribution < 1.29 is 28.1 Å². The molecule has 0 bridgehead atoms. The lowest BCUT2D eigenvalue weighted by Crippen LogP contribution is -2.57. The Morgan fingerprint density at radius 1 is 1.02 bits per heavy atom. The van der Waals surface area contributed by atoms with Gasteiger partial charge in [-0.15, -0.1) is 0 Å². The first kappa shape index (κ1) is 31.1. The van der Waals surface area contributed by atoms with Crippen molar-refractivity contribution in [1.29, 1.82) is 0 Å². The summed E-state index contributed by atoms with van der Waals surface area (Å²) in [6.45, 7) is 10.3. The Balaban J connectivity index is 1.55. The Morgan fingerprint density at radius 2 is 1.79 bits per heavy atom. The molecule has 8 nitrogen and oxygen atoms in total. The van der Waals surface area contributed by atoms with E-state index in [9.17, 15) is 4.79 Å². The molecular weight excluding hydrogens is 537 g/mol. The number of anilines is 1. The molecule has 1 aliphatic heterocycles. The summed E-state index contributed by atoms with van der Waals surface area (Å²) in [6, 6.07) is 18.2. The Hall–Kier alpha value is -3.85. The summed E-state index contributed by atoms with van der Waals surface area (Å²) in [5.41, 5.74) is 2.04. The van der Waals surface area contributed by atoms with Crippen LogP contribution in [-0.4, -0.2) is 67.6 Å². The van der Waals surface area contributed by atoms with Crippen LogP contribution >= 0.6 is 0 Å². The van der Waals surface area contributed by atoms with E-state index in [4.69, 9.17) is 18.9 Å². The highest BCUT2D eigenvalue weighted by Crippen LogP contribution is 2.35. The number of nitrogens with zero attached hydrogens (tertiary/aromatic N) is 3. The number of aromatic nitrogens is 1. The molecule has 4 rings (SSSR count). The molecule has 0 spiro atoms. The number of amides is 1. The van der Waals surface area contributed by atoms with E-state index in [1.54, 1.807) is 30.2 Å². The van der Waals surface area contributed by atoms with Gasteiger partial charge in [0.25, 0.3) is 0 Å². The quantitative estimate of drug-likeness (QED) is 0.234. The minimum Gasteiger partial charge on any atom is -0.478 e. The third kappa shape index (κ3) is 8.35. The second-order valence-electron chi connectivity index (χ2n) is 11.4. The molecule has 0 saturated carbocycles. The van der Waals surface area contributed by atoms with Gasteiger partial charge < -0.3 is 23.8 Å². The van der Waals surface area contributed by atoms with Gasteiger partial charge in [-0.2, -0.15) is 4.98 Å². The van der Waals surface area contributed by atoms with Crippen LogP contribution in [0.25, 0.3) is 11.1 Å². The van der Waals surface area contributed by atoms with Gasteiger partial charge in [0.2, 0.25) is 11.8 Å². The lowest BCUT2D eigenvalue weighted by atomic mass is 10.0. The van der Waals surface area contributed by atoms with Crippen LogP contribution in [0.1, 0.15) is 46.1 Å². The number of hydrogen-bond acceptors (Lipinski definition) is 7. The number of pyridine rings is 1. The fraction of sp³-hybridized carbons (Fsp3) is 0.455. The van der Waals surface area contributed by atoms with E-state index in [1.165, 1.54) is 6.07 Å². The number of methoxy groups -OCH3 is 1. The molecular formula is C33H42FN3O5. The molecule has 1 atom stereocenters. The maximum absolute atomic E-state index is 15.8. The molecule has 2 heterocycles. The standard InChI is InChI=1S/C33H42FN3O5/c1-6-7-19-40-30-16-15-28(31(35-30)41-22-24-11-9-8-10-12-24)27-14-13-25(20-29(27)34)36-17-18-37(26(21-36)23-39-5)32(38)42-33(2,3)4/h8-16,20,26H,6-7,17-19,21-23H2,1-5H3/t26-/m1/s1. The number of ether oxygens (including phenoxy) is 4. The first-order valence-corrected chi connectivity index (χ1v) is 14.5. The molecule has 0 N–H and O–H groups in total. The van der Waals surface area contributed by atoms with Gasteiger partial charge in [0.05, 0.1) is 19.3 Å². The Bertz CT molecular complexity index is 1310. The molecule has 3 aromatic rings. The summed E-state index contributed by atoms with van der Waals surface area (Å²) < 4.78 is 38.7. The lowest BCUT2D eigenvalue weighted by Gasteiger charge is -2.42. The summed E-state index contributed by atoms with van der Waals surface area (Å²) in [5.74, 6) is 0.362. The van der Waals surface area contributed by atoms with E-state index in [-0.39, 0.29) is 12.1 Å². The number of halogens is 1. The molecule has 0 unspecified atom stereocenters. The Labute approximate surface area is 248 Å². The summed E-state index contributed by atoms with van der Waals surface area (Å²) in [6.07, 6.45) is 1.55. The van der Waals surface area contributed by atoms with Crippen LogP contribution in [0.3, 0.4) is 0 Å². The molecule has 1 amide bonds. The average Bonchev–Trinajstić information content (AvgIpc) is 2.96. The molecule has 0 radical (unpaired) electrons. The van der Waals surface area contributed by atoms with Crippen molar-refractivity contribution in [1.82, 2.24) is 9.88 Å². The fourth-order valence-electron chi connectivity index (χ4n) is 4.77. The van der Waals surface area contributed by atoms with E-state index < -0.39 is 11.4 Å². The van der Waals surface area contributed by atoms with E-state index in [1.807, 2.05) is 57.2 Å². The number of piperazine rings is 1. The molecule has 1 saturated heterocycles. The second kappa shape index (κ2) is 14.4. The third-order valence-electron chi connectivity index (χ3n) is 6.88. The van der Waals surface area contributed by atoms with Crippen LogP contribution in [0.2, 0.25) is 0 Å². The monoisotopic (exact) mass is 579 g/mol. The van der Waals surface area contributed by atoms with Crippen molar-refractivity contribution in [3.8, 4) is 22.9 Å². The van der Waals surface area contributed by atoms with Gasteiger partial charge in [-0.05, 0) is 57.0 Å². The van der Waals surface area contributed by atoms with Crippen molar-refractivity contribution in [2.24, 2.45) is 0 Å². The van der Waals surface area contributed by atoms with Crippen molar-refractivity contribution in [2.45, 2.75) is 58.8 Å². The van der Waals surface area contributed by atoms with Gasteiger partial charge in [-0.25, -0.2) is 9.18 Å². The molecule has 1 aliphatic rings. The predicted octanol–water partition coefficient (Wildman–Crippen LogP) is 6.72. The number of carbonyl (C=O) groups excluding carboxylic acids is 1. The zero-order valence-electron chi connectivity index (χ0n) is 25.3. The van der Waals surface area contributed by atoms with Crippen molar-refractivity contribution in [2.75, 3.05) is 44.9 Å². The van der Waals surface area contributed by atoms with Crippen LogP contribution in [0, 0.1) is 5.82 Å². The lowest BCUT2D eigenvalue weighted by molar-refractivity contribution is 0.00343. The summed E-state index contributed by atoms with van der Waals surface area (Å²) in [5, 5.41) is 0. The van der Waals surface area contributed by atoms with Crippen LogP contribution in [0.5, 0.6) is 11.8 Å². The van der Waals surface area contributed by atoms with Gasteiger partial charge >= 0.3 is 6.09 Å². The number of rotatable bonds is 11. The maximum atomic E-state index is 15.8. The third-order valence-corrected chi connectivity index (χ3v) is 6.88. The highest BCUT2D eigenvalue weighted by molar-refractivity contribution is 5.72. The summed E-state index contributed by atoms with van der Waals surface area (Å²) >= 11 is 0. The van der Waals surface area contributed by atoms with Gasteiger partial charge in [0.15, 0.2) is 0 Å². The van der Waals surface area contributed by atoms with Crippen LogP contribution in [0.4, 0.5) is 14.9 Å². The van der Waals surface area contributed by atoms with Gasteiger partial charge in [0.1, 0.15) is 18.0 Å². The molecule has 226 valence electrons. The van der Waals surface area contributed by atoms with Crippen molar-refractivity contribution in [3.05, 3.63) is 72.0 Å². The smallest absolute Gasteiger partial charge is 0.410 e. The first-order valence-electron chi connectivity index (χ1n) is 14.5. The number of unbranched alkanes of at least 4 members (excludes halogenated alkanes) is 1. The average molecular weight is 580 g/mol. The van der Waals surface area contributed by atoms with Gasteiger partial charge in [0, 0.05) is 49.6 Å². The van der Waals surface area contributed by atoms with E-state index in [0.717, 1.165) is 24.1 Å². The van der Waals surface area contributed by atoms with Crippen molar-refractivity contribution in [3.63, 3.8) is 0 Å². The predicted molar refractivity (Wildman–Crippen MR) is 162 cm³/mol. The Kier molecular flexibility index (Phi) is 10.6. The fourth-order valence-corrected chi connectivity index (χ4v) is 4.77. The topological polar surface area (TPSA) is 73.4 Å². The molecule has 9 heteroatoms. The van der Waals surface area contributed by atoms with E-state index >= 15 is 4.39 Å². The number of carbonyl (C=O) groups is 1. The summed E-state index contributed by atoms with van der Waals surface area (Å²) in [4.78, 5) is 21.2. The van der Waals surface area contributed by atoms with Gasteiger partial charge in [-0.1, -0.05) is 43.7 Å². The first-order chi connectivity index (χ1) is 20.2. The van der Waals surface area contributed by atoms with E-state index in [0.29, 0.717) is 62.3 Å². The zero-order chi connectivity index (χ0) is 30.1. The number of hydrogen-bond donors (Lipinski definition) is 0. The Morgan fingerprint density at radius 3 is 2.48 bits per heavy atom. The molecule has 2 aromatic carbocycles. The molecule has 1 aromatic heterocycles. The minimum atomic E-state index is -0.594. The second-order valence-corrected chi connectivity index (χ2v) is 11.4. The van der Waals surface area contributed by atoms with Crippen LogP contribution < -0.4 is 14.4 Å². The zero-order valence-corrected chi connectivity index (χ0v) is 25.3. The summed E-state index contributed by atoms with van der Waals surface area (Å²) in [7, 11) is 1.60. The maximum Gasteiger partial charge on any atom is 0.410 e. The molecule has 1 fully saturated rings. The van der Waals surface area contributed by atoms with Crippen LogP contribution in [0.15, 0.2) is 60.7 Å². The van der Waals surface area contributed by atoms with Crippen LogP contribution in [-0.2, 0) is 16.1 Å². The van der Waals surface area contributed by atoms with Crippen molar-refractivity contribution >= 4 is 11.8 Å². The molecule has 42 heavy (non-hydrogen) atoms. The van der Waals surface area contributed by atoms with E-state index in [2.05, 4.69) is 16.8 Å². The number of benzene rings is 2. The largest absolute Gasteiger partial charge is 0.478 e. The van der Waals surface area contributed by atoms with Gasteiger partial charge in [-0.3, -0.25) is 4.90 Å². The highest BCUT2D eigenvalue weighted by atomic mass is 19.1. The highest BCUT2D eigenvalue weighted by Gasteiger charge is 2.33. The minimum absolute atomic E-state index is 0.233. The SMILES string of the molecule is CCCCOc1ccc(-c2ccc(N3CCN(C(=O)OC(C)(C)C)[C@@H](COC)C3)cc2F)c(OCc2ccccc2)n1. The normalized spacial score (nSPS) is 15.4.